The van der Waals surface area contributed by atoms with Gasteiger partial charge in [0.05, 0.1) is 5.16 Å². The number of rotatable bonds is 3. The fraction of sp³-hybridized carbons (Fsp3) is 0.444. The van der Waals surface area contributed by atoms with Crippen molar-refractivity contribution in [2.75, 3.05) is 6.17 Å². The molecule has 0 aliphatic carbocycles. The van der Waals surface area contributed by atoms with E-state index in [4.69, 9.17) is 0 Å². The summed E-state index contributed by atoms with van der Waals surface area (Å²) in [5.74, 6) is 0. The van der Waals surface area contributed by atoms with Gasteiger partial charge in [-0.05, 0) is 29.7 Å². The number of nitrogens with zero attached hydrogens (tertiary/aromatic N) is 1. The summed E-state index contributed by atoms with van der Waals surface area (Å²) in [5.41, 5.74) is 0. The van der Waals surface area contributed by atoms with Crippen LogP contribution in [0.15, 0.2) is 17.1 Å². The van der Waals surface area contributed by atoms with Gasteiger partial charge in [-0.25, -0.2) is 4.99 Å². The molecule has 1 rings (SSSR count). The van der Waals surface area contributed by atoms with Gasteiger partial charge in [0.15, 0.2) is 0 Å². The van der Waals surface area contributed by atoms with Crippen LogP contribution in [0.3, 0.4) is 0 Å². The van der Waals surface area contributed by atoms with E-state index in [-0.39, 0.29) is 0 Å². The number of aliphatic imine (C=N–C) groups is 1. The van der Waals surface area contributed by atoms with E-state index in [1.165, 1.54) is 9.38 Å². The first kappa shape index (κ1) is 10.8. The molecule has 0 N–H and O–H groups in total. The van der Waals surface area contributed by atoms with Crippen LogP contribution in [0.5, 0.6) is 0 Å². The van der Waals surface area contributed by atoms with Crippen LogP contribution in [-0.2, 0) is 0 Å². The van der Waals surface area contributed by atoms with Gasteiger partial charge in [0.1, 0.15) is 8.07 Å². The Morgan fingerprint density at radius 1 is 1.54 bits per heavy atom. The van der Waals surface area contributed by atoms with Crippen molar-refractivity contribution < 1.29 is 0 Å². The zero-order chi connectivity index (χ0) is 9.90. The molecule has 0 atom stereocenters. The van der Waals surface area contributed by atoms with Crippen LogP contribution < -0.4 is 4.50 Å². The molecule has 0 unspecified atom stereocenters. The first-order valence-corrected chi connectivity index (χ1v) is 8.60. The minimum Gasteiger partial charge on any atom is -0.235 e. The van der Waals surface area contributed by atoms with Crippen molar-refractivity contribution in [1.29, 1.82) is 0 Å². The summed E-state index contributed by atoms with van der Waals surface area (Å²) in [6, 6.07) is 4.40. The smallest absolute Gasteiger partial charge is 0.118 e. The predicted molar refractivity (Wildman–Crippen MR) is 66.1 cm³/mol. The molecular formula is C9H13NS2Si. The summed E-state index contributed by atoms with van der Waals surface area (Å²) in [7, 11) is -1.36. The Balaban J connectivity index is 2.86. The van der Waals surface area contributed by atoms with Crippen molar-refractivity contribution >= 4 is 41.3 Å². The van der Waals surface area contributed by atoms with Gasteiger partial charge in [-0.3, -0.25) is 0 Å². The maximum absolute atomic E-state index is 4.58. The van der Waals surface area contributed by atoms with Gasteiger partial charge in [0.2, 0.25) is 0 Å². The van der Waals surface area contributed by atoms with Gasteiger partial charge >= 0.3 is 0 Å². The van der Waals surface area contributed by atoms with E-state index in [1.54, 1.807) is 0 Å². The Labute approximate surface area is 89.5 Å². The molecule has 4 heteroatoms. The normalized spacial score (nSPS) is 11.0. The second-order valence-electron chi connectivity index (χ2n) is 3.70. The molecule has 1 nitrogen and oxygen atoms in total. The SMILES string of the molecule is Cc1ccc([Si](C)(C)CN=C=S)s1. The van der Waals surface area contributed by atoms with Crippen molar-refractivity contribution in [2.45, 2.75) is 20.0 Å². The molecule has 0 saturated carbocycles. The highest BCUT2D eigenvalue weighted by atomic mass is 32.1. The van der Waals surface area contributed by atoms with Crippen LogP contribution in [0.2, 0.25) is 13.1 Å². The fourth-order valence-corrected chi connectivity index (χ4v) is 4.85. The number of thiophene rings is 1. The quantitative estimate of drug-likeness (QED) is 0.439. The Morgan fingerprint density at radius 3 is 2.69 bits per heavy atom. The molecule has 1 heterocycles. The Kier molecular flexibility index (Phi) is 3.56. The molecule has 0 aliphatic rings. The topological polar surface area (TPSA) is 12.4 Å². The fourth-order valence-electron chi connectivity index (χ4n) is 1.11. The van der Waals surface area contributed by atoms with E-state index in [1.807, 2.05) is 11.3 Å². The number of hydrogen-bond donors (Lipinski definition) is 0. The average molecular weight is 227 g/mol. The first-order valence-electron chi connectivity index (χ1n) is 4.17. The molecule has 13 heavy (non-hydrogen) atoms. The monoisotopic (exact) mass is 227 g/mol. The molecule has 0 bridgehead atoms. The van der Waals surface area contributed by atoms with Crippen LogP contribution in [0.25, 0.3) is 0 Å². The van der Waals surface area contributed by atoms with E-state index in [9.17, 15) is 0 Å². The van der Waals surface area contributed by atoms with Crippen molar-refractivity contribution in [3.8, 4) is 0 Å². The van der Waals surface area contributed by atoms with E-state index < -0.39 is 8.07 Å². The maximum Gasteiger partial charge on any atom is 0.118 e. The molecule has 0 radical (unpaired) electrons. The number of isothiocyanates is 1. The summed E-state index contributed by atoms with van der Waals surface area (Å²) in [5, 5.41) is 2.45. The molecule has 0 aliphatic heterocycles. The lowest BCUT2D eigenvalue weighted by Crippen LogP contribution is -2.42. The molecule has 70 valence electrons. The lowest BCUT2D eigenvalue weighted by atomic mass is 10.5. The van der Waals surface area contributed by atoms with Gasteiger partial charge in [-0.2, -0.15) is 11.3 Å². The highest BCUT2D eigenvalue weighted by molar-refractivity contribution is 7.78. The third kappa shape index (κ3) is 2.85. The average Bonchev–Trinajstić information content (AvgIpc) is 2.49. The van der Waals surface area contributed by atoms with Crippen molar-refractivity contribution in [3.63, 3.8) is 0 Å². The summed E-state index contributed by atoms with van der Waals surface area (Å²) >= 11 is 6.47. The Hall–Kier alpha value is -0.283. The zero-order valence-corrected chi connectivity index (χ0v) is 10.8. The van der Waals surface area contributed by atoms with E-state index in [2.05, 4.69) is 54.5 Å². The zero-order valence-electron chi connectivity index (χ0n) is 8.13. The third-order valence-electron chi connectivity index (χ3n) is 1.95. The minimum atomic E-state index is -1.36. The van der Waals surface area contributed by atoms with Crippen molar-refractivity contribution in [1.82, 2.24) is 0 Å². The lowest BCUT2D eigenvalue weighted by Gasteiger charge is -2.16. The maximum atomic E-state index is 4.58. The van der Waals surface area contributed by atoms with Crippen LogP contribution in [0.1, 0.15) is 4.88 Å². The van der Waals surface area contributed by atoms with Gasteiger partial charge in [-0.15, -0.1) is 0 Å². The van der Waals surface area contributed by atoms with E-state index in [0.717, 1.165) is 6.17 Å². The molecule has 0 spiro atoms. The van der Waals surface area contributed by atoms with Crippen LogP contribution >= 0.6 is 23.6 Å². The molecular weight excluding hydrogens is 214 g/mol. The lowest BCUT2D eigenvalue weighted by molar-refractivity contribution is 1.32. The summed E-state index contributed by atoms with van der Waals surface area (Å²) in [6.07, 6.45) is 0.858. The molecule has 1 aromatic rings. The van der Waals surface area contributed by atoms with Gasteiger partial charge < -0.3 is 0 Å². The summed E-state index contributed by atoms with van der Waals surface area (Å²) < 4.78 is 1.50. The Morgan fingerprint density at radius 2 is 2.23 bits per heavy atom. The molecule has 0 saturated heterocycles. The number of hydrogen-bond acceptors (Lipinski definition) is 3. The van der Waals surface area contributed by atoms with Crippen LogP contribution in [0, 0.1) is 6.92 Å². The van der Waals surface area contributed by atoms with Crippen LogP contribution in [-0.4, -0.2) is 19.4 Å². The minimum absolute atomic E-state index is 0.858. The third-order valence-corrected chi connectivity index (χ3v) is 7.30. The number of aryl methyl sites for hydroxylation is 1. The predicted octanol–water partition coefficient (Wildman–Crippen LogP) is 2.61. The van der Waals surface area contributed by atoms with Gasteiger partial charge in [0, 0.05) is 11.0 Å². The second kappa shape index (κ2) is 4.29. The molecule has 0 aromatic carbocycles. The first-order chi connectivity index (χ1) is 6.06. The second-order valence-corrected chi connectivity index (χ2v) is 10.2. The van der Waals surface area contributed by atoms with Gasteiger partial charge in [-0.1, -0.05) is 19.2 Å². The molecule has 0 amide bonds. The highest BCUT2D eigenvalue weighted by Crippen LogP contribution is 2.12. The van der Waals surface area contributed by atoms with E-state index in [0.29, 0.717) is 0 Å². The van der Waals surface area contributed by atoms with Crippen LogP contribution in [0.4, 0.5) is 0 Å². The standard InChI is InChI=1S/C9H13NS2Si/c1-8-4-5-9(12-8)13(2,3)7-10-6-11/h4-5H,7H2,1-3H3. The molecule has 1 aromatic heterocycles. The van der Waals surface area contributed by atoms with E-state index >= 15 is 0 Å². The molecule has 0 fully saturated rings. The highest BCUT2D eigenvalue weighted by Gasteiger charge is 2.24. The van der Waals surface area contributed by atoms with Gasteiger partial charge in [0.25, 0.3) is 0 Å². The summed E-state index contributed by atoms with van der Waals surface area (Å²) in [4.78, 5) is 5.44. The van der Waals surface area contributed by atoms with Crippen molar-refractivity contribution in [2.24, 2.45) is 4.99 Å². The van der Waals surface area contributed by atoms with Crippen molar-refractivity contribution in [3.05, 3.63) is 17.0 Å². The Bertz CT molecular complexity index is 337. The largest absolute Gasteiger partial charge is 0.235 e. The number of thiocarbonyl (C=S) groups is 1. The summed E-state index contributed by atoms with van der Waals surface area (Å²) in [6.45, 7) is 6.77.